The molecular weight excluding hydrogens is 796 g/mol. The standard InChI is InChI=1S/C40H59ClN4O10S2/c1-24-12-11-13-29(52-10)40(50)22-38(5,23-53-36(49)43-40)35-39(6,55-35)30(21-32(47)45(8)27-19-26(18-24)20-28(51-9)33(27)41)54-34(48)25(2)44(7)31(46)14-15-37(3,4)57-56-17-16-42/h11-13,19-20,25,29-30,35,50H,14-18,21-23,42H2,1-10H3,(H,43,49)/b13-11+,24-12+/t25-,29+,30-,35-,38?,39-,40-/m0/s1. The van der Waals surface area contributed by atoms with E-state index in [0.29, 0.717) is 30.8 Å². The molecule has 1 aromatic carbocycles. The van der Waals surface area contributed by atoms with E-state index in [-0.39, 0.29) is 41.5 Å². The summed E-state index contributed by atoms with van der Waals surface area (Å²) in [7, 11) is 9.37. The van der Waals surface area contributed by atoms with Crippen LogP contribution in [0.2, 0.25) is 5.02 Å². The number of allylic oxidation sites excluding steroid dienone is 3. The molecule has 3 amide bonds. The van der Waals surface area contributed by atoms with Gasteiger partial charge in [-0.25, -0.2) is 9.59 Å². The first-order valence-electron chi connectivity index (χ1n) is 18.9. The third-order valence-electron chi connectivity index (χ3n) is 10.9. The van der Waals surface area contributed by atoms with Gasteiger partial charge in [0, 0.05) is 56.5 Å². The van der Waals surface area contributed by atoms with E-state index in [2.05, 4.69) is 19.2 Å². The van der Waals surface area contributed by atoms with Gasteiger partial charge in [-0.2, -0.15) is 0 Å². The van der Waals surface area contributed by atoms with Crippen molar-refractivity contribution in [1.82, 2.24) is 10.2 Å². The van der Waals surface area contributed by atoms with Crippen LogP contribution in [0.5, 0.6) is 5.75 Å². The van der Waals surface area contributed by atoms with Crippen LogP contribution >= 0.6 is 33.2 Å². The Balaban J connectivity index is 1.72. The molecule has 4 rings (SSSR count). The number of halogens is 1. The van der Waals surface area contributed by atoms with Crippen LogP contribution in [0.1, 0.15) is 72.8 Å². The molecule has 0 radical (unpaired) electrons. The number of ether oxygens (including phenoxy) is 5. The van der Waals surface area contributed by atoms with Crippen molar-refractivity contribution in [3.05, 3.63) is 46.5 Å². The number of aliphatic hydroxyl groups is 1. The van der Waals surface area contributed by atoms with Gasteiger partial charge in [0.1, 0.15) is 41.2 Å². The van der Waals surface area contributed by atoms with Gasteiger partial charge in [-0.3, -0.25) is 14.9 Å². The molecule has 0 aromatic heterocycles. The molecule has 7 atom stereocenters. The van der Waals surface area contributed by atoms with E-state index in [1.54, 1.807) is 80.7 Å². The maximum atomic E-state index is 14.3. The van der Waals surface area contributed by atoms with Crippen LogP contribution in [0.4, 0.5) is 10.5 Å². The molecule has 0 spiro atoms. The fraction of sp³-hybridized carbons (Fsp3) is 0.650. The van der Waals surface area contributed by atoms with Crippen LogP contribution in [0, 0.1) is 5.41 Å². The van der Waals surface area contributed by atoms with Gasteiger partial charge in [0.25, 0.3) is 0 Å². The molecule has 1 unspecified atom stereocenters. The van der Waals surface area contributed by atoms with E-state index in [4.69, 9.17) is 41.0 Å². The Morgan fingerprint density at radius 1 is 1.25 bits per heavy atom. The zero-order valence-electron chi connectivity index (χ0n) is 34.6. The average Bonchev–Trinajstić information content (AvgIpc) is 3.88. The normalized spacial score (nSPS) is 30.2. The molecule has 57 heavy (non-hydrogen) atoms. The third-order valence-corrected chi connectivity index (χ3v) is 14.7. The largest absolute Gasteiger partial charge is 0.495 e. The quantitative estimate of drug-likeness (QED) is 0.105. The number of hydrogen-bond donors (Lipinski definition) is 3. The summed E-state index contributed by atoms with van der Waals surface area (Å²) in [5.74, 6) is -0.250. The minimum atomic E-state index is -1.94. The van der Waals surface area contributed by atoms with Crippen molar-refractivity contribution in [3.63, 3.8) is 0 Å². The highest BCUT2D eigenvalue weighted by Gasteiger charge is 2.69. The number of benzene rings is 1. The highest BCUT2D eigenvalue weighted by Crippen LogP contribution is 2.55. The van der Waals surface area contributed by atoms with Crippen LogP contribution in [0.15, 0.2) is 35.9 Å². The molecule has 2 fully saturated rings. The number of epoxide rings is 1. The van der Waals surface area contributed by atoms with E-state index in [1.165, 1.54) is 24.0 Å². The Bertz CT molecular complexity index is 1730. The number of nitrogens with one attached hydrogen (secondary N) is 1. The maximum absolute atomic E-state index is 14.3. The summed E-state index contributed by atoms with van der Waals surface area (Å²) in [4.78, 5) is 57.3. The molecule has 0 aliphatic carbocycles. The van der Waals surface area contributed by atoms with Crippen molar-refractivity contribution in [1.29, 1.82) is 0 Å². The number of carbonyl (C=O) groups is 4. The van der Waals surface area contributed by atoms with Crippen molar-refractivity contribution in [2.45, 2.75) is 114 Å². The molecule has 1 aromatic rings. The summed E-state index contributed by atoms with van der Waals surface area (Å²) in [6.07, 6.45) is 2.24. The number of fused-ring (bicyclic) bond motifs is 6. The van der Waals surface area contributed by atoms with Gasteiger partial charge in [0.2, 0.25) is 11.8 Å². The Hall–Kier alpha value is -2.99. The van der Waals surface area contributed by atoms with Crippen LogP contribution in [-0.2, 0) is 39.8 Å². The number of cyclic esters (lactones) is 1. The number of hydrogen-bond acceptors (Lipinski definition) is 13. The van der Waals surface area contributed by atoms with Crippen molar-refractivity contribution in [2.75, 3.05) is 52.1 Å². The molecule has 2 saturated heterocycles. The molecule has 4 N–H and O–H groups in total. The Morgan fingerprint density at radius 3 is 2.60 bits per heavy atom. The molecule has 3 heterocycles. The molecule has 318 valence electrons. The van der Waals surface area contributed by atoms with Crippen LogP contribution in [-0.4, -0.2) is 122 Å². The predicted molar refractivity (Wildman–Crippen MR) is 223 cm³/mol. The van der Waals surface area contributed by atoms with E-state index in [9.17, 15) is 24.3 Å². The number of nitrogens with zero attached hydrogens (tertiary/aromatic N) is 2. The predicted octanol–water partition coefficient (Wildman–Crippen LogP) is 5.42. The minimum absolute atomic E-state index is 0.0843. The monoisotopic (exact) mass is 854 g/mol. The summed E-state index contributed by atoms with van der Waals surface area (Å²) in [5, 5.41) is 14.9. The van der Waals surface area contributed by atoms with E-state index in [0.717, 1.165) is 16.9 Å². The van der Waals surface area contributed by atoms with Gasteiger partial charge < -0.3 is 44.3 Å². The lowest BCUT2D eigenvalue weighted by Crippen LogP contribution is -2.58. The highest BCUT2D eigenvalue weighted by atomic mass is 35.5. The number of likely N-dealkylation sites (N-methyl/N-ethyl adjacent to an activating group) is 1. The molecule has 0 saturated carbocycles. The zero-order valence-corrected chi connectivity index (χ0v) is 37.0. The lowest BCUT2D eigenvalue weighted by molar-refractivity contribution is -0.162. The number of anilines is 1. The number of nitrogens with two attached hydrogens (primary N) is 1. The topological polar surface area (TPSA) is 182 Å². The Kier molecular flexibility index (Phi) is 15.5. The van der Waals surface area contributed by atoms with Crippen LogP contribution in [0.3, 0.4) is 0 Å². The summed E-state index contributed by atoms with van der Waals surface area (Å²) >= 11 is 6.79. The minimum Gasteiger partial charge on any atom is -0.495 e. The zero-order chi connectivity index (χ0) is 42.5. The van der Waals surface area contributed by atoms with E-state index >= 15 is 0 Å². The summed E-state index contributed by atoms with van der Waals surface area (Å²) in [6, 6.07) is 2.58. The molecule has 17 heteroatoms. The van der Waals surface area contributed by atoms with Crippen molar-refractivity contribution < 1.29 is 48.0 Å². The molecule has 3 aliphatic heterocycles. The van der Waals surface area contributed by atoms with Gasteiger partial charge in [0.15, 0.2) is 5.72 Å². The number of amides is 3. The summed E-state index contributed by atoms with van der Waals surface area (Å²) < 4.78 is 29.2. The van der Waals surface area contributed by atoms with Gasteiger partial charge in [-0.15, -0.1) is 0 Å². The lowest BCUT2D eigenvalue weighted by Gasteiger charge is -2.38. The summed E-state index contributed by atoms with van der Waals surface area (Å²) in [6.45, 7) is 11.5. The second-order valence-corrected chi connectivity index (χ2v) is 19.7. The molecule has 4 bridgehead atoms. The molecular formula is C40H59ClN4O10S2. The van der Waals surface area contributed by atoms with Crippen molar-refractivity contribution >= 4 is 62.8 Å². The molecule has 14 nitrogen and oxygen atoms in total. The fourth-order valence-electron chi connectivity index (χ4n) is 7.34. The fourth-order valence-corrected chi connectivity index (χ4v) is 10.1. The van der Waals surface area contributed by atoms with Crippen LogP contribution < -0.4 is 20.7 Å². The lowest BCUT2D eigenvalue weighted by atomic mass is 9.73. The first-order chi connectivity index (χ1) is 26.6. The maximum Gasteiger partial charge on any atom is 0.409 e. The second kappa shape index (κ2) is 18.9. The highest BCUT2D eigenvalue weighted by molar-refractivity contribution is 8.77. The number of alkyl carbamates (subject to hydrolysis) is 1. The number of esters is 1. The van der Waals surface area contributed by atoms with Crippen molar-refractivity contribution in [2.24, 2.45) is 11.1 Å². The van der Waals surface area contributed by atoms with Gasteiger partial charge in [-0.05, 0) is 65.2 Å². The first kappa shape index (κ1) is 46.7. The van der Waals surface area contributed by atoms with Crippen molar-refractivity contribution in [3.8, 4) is 5.75 Å². The Morgan fingerprint density at radius 2 is 1.95 bits per heavy atom. The summed E-state index contributed by atoms with van der Waals surface area (Å²) in [5.41, 5.74) is 3.44. The second-order valence-electron chi connectivity index (χ2n) is 16.2. The number of rotatable bonds is 12. The number of carbonyl (C=O) groups excluding carboxylic acids is 4. The first-order valence-corrected chi connectivity index (χ1v) is 21.6. The Labute approximate surface area is 349 Å². The van der Waals surface area contributed by atoms with Gasteiger partial charge >= 0.3 is 12.1 Å². The van der Waals surface area contributed by atoms with Crippen LogP contribution in [0.25, 0.3) is 0 Å². The SMILES string of the molecule is COc1cc2cc(c1Cl)N(C)C(=O)C[C@H](OC(=O)[C@H](C)N(C)C(=O)CCC(C)(C)SSCCN)[C@]1(C)O[C@H]1C1(C)COC(=O)N[C@](O)(C1)[C@H](OC)/C=C/C=C(\C)C2. The average molecular weight is 856 g/mol. The van der Waals surface area contributed by atoms with Gasteiger partial charge in [-0.1, -0.05) is 63.9 Å². The van der Waals surface area contributed by atoms with Gasteiger partial charge in [0.05, 0.1) is 25.3 Å². The molecule has 3 aliphatic rings. The third kappa shape index (κ3) is 11.2. The van der Waals surface area contributed by atoms with E-state index < -0.39 is 59.1 Å². The smallest absolute Gasteiger partial charge is 0.409 e. The van der Waals surface area contributed by atoms with E-state index in [1.807, 2.05) is 13.0 Å². The number of methoxy groups -OCH3 is 2.